The summed E-state index contributed by atoms with van der Waals surface area (Å²) >= 11 is 0. The number of rotatable bonds is 5. The normalized spacial score (nSPS) is 10.1. The molecular weight excluding hydrogens is 233 g/mol. The van der Waals surface area contributed by atoms with Gasteiger partial charge in [0.25, 0.3) is 0 Å². The van der Waals surface area contributed by atoms with Gasteiger partial charge in [-0.2, -0.15) is 0 Å². The molecule has 0 heterocycles. The van der Waals surface area contributed by atoms with Crippen molar-refractivity contribution >= 4 is 0 Å². The summed E-state index contributed by atoms with van der Waals surface area (Å²) in [6.45, 7) is 1.19. The second kappa shape index (κ2) is 7.70. The Morgan fingerprint density at radius 2 is 2.17 bits per heavy atom. The van der Waals surface area contributed by atoms with E-state index in [9.17, 15) is 4.39 Å². The largest absolute Gasteiger partial charge is 0.492 e. The lowest BCUT2D eigenvalue weighted by Crippen LogP contribution is -2.15. The lowest BCUT2D eigenvalue weighted by molar-refractivity contribution is 0.280. The maximum Gasteiger partial charge on any atom is 0.137 e. The van der Waals surface area contributed by atoms with E-state index in [0.29, 0.717) is 17.9 Å². The van der Waals surface area contributed by atoms with Crippen LogP contribution in [0.4, 0.5) is 4.39 Å². The number of ether oxygens (including phenoxy) is 1. The van der Waals surface area contributed by atoms with Gasteiger partial charge in [-0.25, -0.2) is 4.39 Å². The first kappa shape index (κ1) is 14.5. The molecule has 1 aromatic carbocycles. The summed E-state index contributed by atoms with van der Waals surface area (Å²) in [6.07, 6.45) is 0.858. The number of benzene rings is 1. The molecule has 1 N–H and O–H groups in total. The SMILES string of the molecule is CN(C)CCCOc1cc(F)ccc1C#CCO. The van der Waals surface area contributed by atoms with E-state index in [-0.39, 0.29) is 12.4 Å². The van der Waals surface area contributed by atoms with Gasteiger partial charge in [0.05, 0.1) is 12.2 Å². The Kier molecular flexibility index (Phi) is 6.20. The Hall–Kier alpha value is -1.57. The van der Waals surface area contributed by atoms with Crippen molar-refractivity contribution < 1.29 is 14.2 Å². The molecule has 4 heteroatoms. The third kappa shape index (κ3) is 5.17. The van der Waals surface area contributed by atoms with Crippen molar-refractivity contribution in [1.82, 2.24) is 4.90 Å². The fourth-order valence-corrected chi connectivity index (χ4v) is 1.42. The molecule has 3 nitrogen and oxygen atoms in total. The monoisotopic (exact) mass is 251 g/mol. The first-order valence-corrected chi connectivity index (χ1v) is 5.80. The Labute approximate surface area is 107 Å². The Bertz CT molecular complexity index is 435. The lowest BCUT2D eigenvalue weighted by atomic mass is 10.2. The van der Waals surface area contributed by atoms with Gasteiger partial charge in [-0.15, -0.1) is 0 Å². The fourth-order valence-electron chi connectivity index (χ4n) is 1.42. The molecule has 0 saturated carbocycles. The van der Waals surface area contributed by atoms with E-state index in [2.05, 4.69) is 16.7 Å². The van der Waals surface area contributed by atoms with Crippen LogP contribution in [0.1, 0.15) is 12.0 Å². The van der Waals surface area contributed by atoms with Crippen molar-refractivity contribution in [2.45, 2.75) is 6.42 Å². The molecule has 0 atom stereocenters. The summed E-state index contributed by atoms with van der Waals surface area (Å²) in [5.41, 5.74) is 0.593. The van der Waals surface area contributed by atoms with E-state index in [1.54, 1.807) is 6.07 Å². The van der Waals surface area contributed by atoms with Crippen molar-refractivity contribution in [1.29, 1.82) is 0 Å². The zero-order chi connectivity index (χ0) is 13.4. The first-order chi connectivity index (χ1) is 8.63. The second-order valence-electron chi connectivity index (χ2n) is 4.11. The van der Waals surface area contributed by atoms with Gasteiger partial charge in [-0.05, 0) is 32.6 Å². The highest BCUT2D eigenvalue weighted by Gasteiger charge is 2.03. The molecule has 0 aliphatic carbocycles. The highest BCUT2D eigenvalue weighted by Crippen LogP contribution is 2.19. The molecule has 0 unspecified atom stereocenters. The predicted molar refractivity (Wildman–Crippen MR) is 69.0 cm³/mol. The third-order valence-corrected chi connectivity index (χ3v) is 2.25. The standard InChI is InChI=1S/C14H18FNO2/c1-16(2)8-4-10-18-14-11-13(15)7-6-12(14)5-3-9-17/h6-7,11,17H,4,8-10H2,1-2H3. The number of aliphatic hydroxyl groups is 1. The van der Waals surface area contributed by atoms with Crippen molar-refractivity contribution in [2.75, 3.05) is 33.9 Å². The topological polar surface area (TPSA) is 32.7 Å². The van der Waals surface area contributed by atoms with E-state index in [1.807, 2.05) is 14.1 Å². The van der Waals surface area contributed by atoms with Gasteiger partial charge in [0.1, 0.15) is 18.2 Å². The molecule has 0 radical (unpaired) electrons. The molecule has 1 aromatic rings. The first-order valence-electron chi connectivity index (χ1n) is 5.80. The van der Waals surface area contributed by atoms with Crippen molar-refractivity contribution in [3.63, 3.8) is 0 Å². The minimum absolute atomic E-state index is 0.225. The highest BCUT2D eigenvalue weighted by molar-refractivity contribution is 5.46. The molecule has 1 rings (SSSR count). The summed E-state index contributed by atoms with van der Waals surface area (Å²) < 4.78 is 18.6. The molecule has 0 amide bonds. The van der Waals surface area contributed by atoms with Crippen LogP contribution in [0.3, 0.4) is 0 Å². The second-order valence-corrected chi connectivity index (χ2v) is 4.11. The molecule has 98 valence electrons. The van der Waals surface area contributed by atoms with Crippen molar-refractivity contribution in [3.05, 3.63) is 29.6 Å². The smallest absolute Gasteiger partial charge is 0.137 e. The van der Waals surface area contributed by atoms with Crippen LogP contribution in [-0.2, 0) is 0 Å². The van der Waals surface area contributed by atoms with Crippen LogP contribution in [0, 0.1) is 17.7 Å². The number of nitrogens with zero attached hydrogens (tertiary/aromatic N) is 1. The van der Waals surface area contributed by atoms with E-state index >= 15 is 0 Å². The van der Waals surface area contributed by atoms with Crippen molar-refractivity contribution in [3.8, 4) is 17.6 Å². The molecule has 0 aliphatic rings. The highest BCUT2D eigenvalue weighted by atomic mass is 19.1. The molecular formula is C14H18FNO2. The van der Waals surface area contributed by atoms with Crippen LogP contribution < -0.4 is 4.74 Å². The molecule has 18 heavy (non-hydrogen) atoms. The molecule has 0 saturated heterocycles. The molecule has 0 spiro atoms. The summed E-state index contributed by atoms with van der Waals surface area (Å²) in [6, 6.07) is 4.20. The number of aliphatic hydroxyl groups excluding tert-OH is 1. The predicted octanol–water partition coefficient (Wildman–Crippen LogP) is 1.50. The summed E-state index contributed by atoms with van der Waals surface area (Å²) in [7, 11) is 3.97. The summed E-state index contributed by atoms with van der Waals surface area (Å²) in [4.78, 5) is 2.06. The maximum atomic E-state index is 13.1. The van der Waals surface area contributed by atoms with Gasteiger partial charge < -0.3 is 14.7 Å². The van der Waals surface area contributed by atoms with Gasteiger partial charge >= 0.3 is 0 Å². The minimum atomic E-state index is -0.354. The Balaban J connectivity index is 2.64. The molecule has 0 fully saturated rings. The summed E-state index contributed by atoms with van der Waals surface area (Å²) in [5, 5.41) is 8.65. The lowest BCUT2D eigenvalue weighted by Gasteiger charge is -2.11. The molecule has 0 bridgehead atoms. The minimum Gasteiger partial charge on any atom is -0.492 e. The van der Waals surface area contributed by atoms with Gasteiger partial charge in [-0.1, -0.05) is 11.8 Å². The van der Waals surface area contributed by atoms with Crippen LogP contribution in [0.15, 0.2) is 18.2 Å². The number of hydrogen-bond acceptors (Lipinski definition) is 3. The maximum absolute atomic E-state index is 13.1. The molecule has 0 aromatic heterocycles. The van der Waals surface area contributed by atoms with E-state index in [4.69, 9.17) is 9.84 Å². The van der Waals surface area contributed by atoms with Crippen LogP contribution >= 0.6 is 0 Å². The van der Waals surface area contributed by atoms with Gasteiger partial charge in [-0.3, -0.25) is 0 Å². The van der Waals surface area contributed by atoms with E-state index < -0.39 is 0 Å². The zero-order valence-electron chi connectivity index (χ0n) is 10.7. The van der Waals surface area contributed by atoms with E-state index in [1.165, 1.54) is 12.1 Å². The van der Waals surface area contributed by atoms with Gasteiger partial charge in [0.15, 0.2) is 0 Å². The average molecular weight is 251 g/mol. The van der Waals surface area contributed by atoms with Crippen LogP contribution in [-0.4, -0.2) is 43.9 Å². The van der Waals surface area contributed by atoms with Crippen molar-refractivity contribution in [2.24, 2.45) is 0 Å². The fraction of sp³-hybridized carbons (Fsp3) is 0.429. The molecule has 0 aliphatic heterocycles. The van der Waals surface area contributed by atoms with Crippen LogP contribution in [0.25, 0.3) is 0 Å². The average Bonchev–Trinajstić information content (AvgIpc) is 2.33. The zero-order valence-corrected chi connectivity index (χ0v) is 10.7. The van der Waals surface area contributed by atoms with Crippen LogP contribution in [0.5, 0.6) is 5.75 Å². The number of hydrogen-bond donors (Lipinski definition) is 1. The Morgan fingerprint density at radius 3 is 2.83 bits per heavy atom. The van der Waals surface area contributed by atoms with E-state index in [0.717, 1.165) is 13.0 Å². The Morgan fingerprint density at radius 1 is 1.39 bits per heavy atom. The van der Waals surface area contributed by atoms with Gasteiger partial charge in [0, 0.05) is 12.6 Å². The van der Waals surface area contributed by atoms with Gasteiger partial charge in [0.2, 0.25) is 0 Å². The third-order valence-electron chi connectivity index (χ3n) is 2.25. The summed E-state index contributed by atoms with van der Waals surface area (Å²) in [5.74, 6) is 5.34. The number of halogens is 1. The quantitative estimate of drug-likeness (QED) is 0.636. The van der Waals surface area contributed by atoms with Crippen LogP contribution in [0.2, 0.25) is 0 Å².